The summed E-state index contributed by atoms with van der Waals surface area (Å²) in [7, 11) is 0. The Bertz CT molecular complexity index is 345. The second kappa shape index (κ2) is 6.68. The second-order valence-electron chi connectivity index (χ2n) is 8.45. The SMILES string of the molecule is CC(C)(C)C1CCC(C(=O)NC2(CN)CCCCC2)CC1. The zero-order chi connectivity index (χ0) is 15.5. The van der Waals surface area contributed by atoms with Crippen molar-refractivity contribution in [1.29, 1.82) is 0 Å². The number of carbonyl (C=O) groups excluding carboxylic acids is 1. The Morgan fingerprint density at radius 3 is 2.14 bits per heavy atom. The van der Waals surface area contributed by atoms with Gasteiger partial charge in [-0.1, -0.05) is 40.0 Å². The normalized spacial score (nSPS) is 29.9. The third-order valence-electron chi connectivity index (χ3n) is 5.91. The number of carbonyl (C=O) groups is 1. The van der Waals surface area contributed by atoms with E-state index in [0.29, 0.717) is 12.0 Å². The first kappa shape index (κ1) is 16.8. The van der Waals surface area contributed by atoms with Crippen molar-refractivity contribution < 1.29 is 4.79 Å². The standard InChI is InChI=1S/C18H34N2O/c1-17(2,3)15-9-7-14(8-10-15)16(21)20-18(13-19)11-5-4-6-12-18/h14-15H,4-13,19H2,1-3H3,(H,20,21). The molecular formula is C18H34N2O. The summed E-state index contributed by atoms with van der Waals surface area (Å²) in [6.07, 6.45) is 10.3. The summed E-state index contributed by atoms with van der Waals surface area (Å²) in [6.45, 7) is 7.56. The predicted octanol–water partition coefficient (Wildman–Crippen LogP) is 3.62. The molecule has 0 unspecified atom stereocenters. The molecule has 0 bridgehead atoms. The van der Waals surface area contributed by atoms with Crippen LogP contribution in [0.2, 0.25) is 0 Å². The van der Waals surface area contributed by atoms with Crippen LogP contribution in [0.15, 0.2) is 0 Å². The van der Waals surface area contributed by atoms with Gasteiger partial charge >= 0.3 is 0 Å². The Balaban J connectivity index is 1.87. The van der Waals surface area contributed by atoms with Crippen molar-refractivity contribution in [3.05, 3.63) is 0 Å². The van der Waals surface area contributed by atoms with Crippen LogP contribution in [0.1, 0.15) is 78.6 Å². The van der Waals surface area contributed by atoms with E-state index < -0.39 is 0 Å². The first-order valence-electron chi connectivity index (χ1n) is 8.88. The zero-order valence-electron chi connectivity index (χ0n) is 14.2. The molecule has 0 aliphatic heterocycles. The average Bonchev–Trinajstić information content (AvgIpc) is 2.47. The number of nitrogens with one attached hydrogen (secondary N) is 1. The quantitative estimate of drug-likeness (QED) is 0.835. The highest BCUT2D eigenvalue weighted by Gasteiger charge is 2.36. The Hall–Kier alpha value is -0.570. The molecule has 0 spiro atoms. The van der Waals surface area contributed by atoms with E-state index >= 15 is 0 Å². The van der Waals surface area contributed by atoms with Crippen molar-refractivity contribution in [3.8, 4) is 0 Å². The van der Waals surface area contributed by atoms with E-state index in [9.17, 15) is 4.79 Å². The Kier molecular flexibility index (Phi) is 5.34. The van der Waals surface area contributed by atoms with Gasteiger partial charge in [-0.2, -0.15) is 0 Å². The predicted molar refractivity (Wildman–Crippen MR) is 87.9 cm³/mol. The van der Waals surface area contributed by atoms with Gasteiger partial charge in [-0.05, 0) is 49.9 Å². The molecule has 2 aliphatic rings. The van der Waals surface area contributed by atoms with Crippen LogP contribution < -0.4 is 11.1 Å². The van der Waals surface area contributed by atoms with Crippen LogP contribution in [0.25, 0.3) is 0 Å². The monoisotopic (exact) mass is 294 g/mol. The molecular weight excluding hydrogens is 260 g/mol. The topological polar surface area (TPSA) is 55.1 Å². The molecule has 122 valence electrons. The Morgan fingerprint density at radius 2 is 1.67 bits per heavy atom. The second-order valence-corrected chi connectivity index (χ2v) is 8.45. The molecule has 0 aromatic carbocycles. The van der Waals surface area contributed by atoms with Crippen LogP contribution in [-0.4, -0.2) is 18.0 Å². The molecule has 0 aromatic rings. The fraction of sp³-hybridized carbons (Fsp3) is 0.944. The van der Waals surface area contributed by atoms with Gasteiger partial charge in [-0.25, -0.2) is 0 Å². The van der Waals surface area contributed by atoms with E-state index in [2.05, 4.69) is 26.1 Å². The highest BCUT2D eigenvalue weighted by atomic mass is 16.2. The number of nitrogens with two attached hydrogens (primary N) is 1. The first-order valence-corrected chi connectivity index (χ1v) is 8.88. The summed E-state index contributed by atoms with van der Waals surface area (Å²) in [4.78, 5) is 12.6. The van der Waals surface area contributed by atoms with Gasteiger partial charge in [0.05, 0.1) is 5.54 Å². The minimum atomic E-state index is -0.101. The van der Waals surface area contributed by atoms with Crippen LogP contribution >= 0.6 is 0 Å². The molecule has 2 fully saturated rings. The first-order chi connectivity index (χ1) is 9.86. The molecule has 2 saturated carbocycles. The minimum absolute atomic E-state index is 0.101. The van der Waals surface area contributed by atoms with Crippen molar-refractivity contribution in [2.24, 2.45) is 23.0 Å². The van der Waals surface area contributed by atoms with Gasteiger partial charge in [0.1, 0.15) is 0 Å². The molecule has 0 saturated heterocycles. The molecule has 21 heavy (non-hydrogen) atoms. The minimum Gasteiger partial charge on any atom is -0.349 e. The van der Waals surface area contributed by atoms with Gasteiger partial charge in [0.25, 0.3) is 0 Å². The van der Waals surface area contributed by atoms with Gasteiger partial charge in [0.15, 0.2) is 0 Å². The molecule has 2 rings (SSSR count). The fourth-order valence-electron chi connectivity index (χ4n) is 4.19. The maximum absolute atomic E-state index is 12.6. The fourth-order valence-corrected chi connectivity index (χ4v) is 4.19. The summed E-state index contributed by atoms with van der Waals surface area (Å²) in [5, 5.41) is 3.34. The molecule has 3 nitrogen and oxygen atoms in total. The summed E-state index contributed by atoms with van der Waals surface area (Å²) in [5.41, 5.74) is 6.26. The molecule has 0 atom stereocenters. The number of amides is 1. The molecule has 1 amide bonds. The van der Waals surface area contributed by atoms with Crippen LogP contribution in [0.4, 0.5) is 0 Å². The third-order valence-corrected chi connectivity index (χ3v) is 5.91. The summed E-state index contributed by atoms with van der Waals surface area (Å²) < 4.78 is 0. The summed E-state index contributed by atoms with van der Waals surface area (Å²) in [5.74, 6) is 1.25. The van der Waals surface area contributed by atoms with Gasteiger partial charge in [-0.3, -0.25) is 4.79 Å². The van der Waals surface area contributed by atoms with Gasteiger partial charge < -0.3 is 11.1 Å². The lowest BCUT2D eigenvalue weighted by molar-refractivity contribution is -0.128. The lowest BCUT2D eigenvalue weighted by atomic mass is 9.69. The van der Waals surface area contributed by atoms with Crippen LogP contribution in [0.5, 0.6) is 0 Å². The summed E-state index contributed by atoms with van der Waals surface area (Å²) in [6, 6.07) is 0. The number of hydrogen-bond donors (Lipinski definition) is 2. The highest BCUT2D eigenvalue weighted by Crippen LogP contribution is 2.40. The zero-order valence-corrected chi connectivity index (χ0v) is 14.2. The van der Waals surface area contributed by atoms with E-state index in [1.54, 1.807) is 0 Å². The maximum Gasteiger partial charge on any atom is 0.223 e. The Labute approximate surface area is 130 Å². The number of hydrogen-bond acceptors (Lipinski definition) is 2. The molecule has 0 heterocycles. The van der Waals surface area contributed by atoms with Gasteiger partial charge in [0, 0.05) is 12.5 Å². The lowest BCUT2D eigenvalue weighted by Crippen LogP contribution is -2.56. The molecule has 0 radical (unpaired) electrons. The molecule has 3 N–H and O–H groups in total. The van der Waals surface area contributed by atoms with Gasteiger partial charge in [0.2, 0.25) is 5.91 Å². The average molecular weight is 294 g/mol. The smallest absolute Gasteiger partial charge is 0.223 e. The van der Waals surface area contributed by atoms with Crippen molar-refractivity contribution in [3.63, 3.8) is 0 Å². The third kappa shape index (κ3) is 4.21. The van der Waals surface area contributed by atoms with Gasteiger partial charge in [-0.15, -0.1) is 0 Å². The molecule has 3 heteroatoms. The van der Waals surface area contributed by atoms with Crippen molar-refractivity contribution in [1.82, 2.24) is 5.32 Å². The van der Waals surface area contributed by atoms with E-state index in [0.717, 1.165) is 31.6 Å². The van der Waals surface area contributed by atoms with Crippen LogP contribution in [0.3, 0.4) is 0 Å². The highest BCUT2D eigenvalue weighted by molar-refractivity contribution is 5.79. The number of rotatable bonds is 3. The van der Waals surface area contributed by atoms with Crippen LogP contribution in [-0.2, 0) is 4.79 Å². The Morgan fingerprint density at radius 1 is 1.10 bits per heavy atom. The van der Waals surface area contributed by atoms with Crippen molar-refractivity contribution >= 4 is 5.91 Å². The summed E-state index contributed by atoms with van der Waals surface area (Å²) >= 11 is 0. The molecule has 0 aromatic heterocycles. The molecule has 2 aliphatic carbocycles. The lowest BCUT2D eigenvalue weighted by Gasteiger charge is -2.40. The van der Waals surface area contributed by atoms with E-state index in [1.165, 1.54) is 32.1 Å². The maximum atomic E-state index is 12.6. The largest absolute Gasteiger partial charge is 0.349 e. The van der Waals surface area contributed by atoms with E-state index in [4.69, 9.17) is 5.73 Å². The van der Waals surface area contributed by atoms with Crippen molar-refractivity contribution in [2.45, 2.75) is 84.1 Å². The van der Waals surface area contributed by atoms with Crippen molar-refractivity contribution in [2.75, 3.05) is 6.54 Å². The van der Waals surface area contributed by atoms with E-state index in [-0.39, 0.29) is 17.4 Å². The van der Waals surface area contributed by atoms with Crippen LogP contribution in [0, 0.1) is 17.3 Å². The van der Waals surface area contributed by atoms with E-state index in [1.807, 2.05) is 0 Å².